The Morgan fingerprint density at radius 1 is 1.47 bits per heavy atom. The van der Waals surface area contributed by atoms with Crippen molar-refractivity contribution in [1.29, 1.82) is 0 Å². The van der Waals surface area contributed by atoms with Crippen LogP contribution in [0.2, 0.25) is 0 Å². The zero-order valence-electron chi connectivity index (χ0n) is 7.48. The molecule has 0 saturated heterocycles. The van der Waals surface area contributed by atoms with Crippen LogP contribution in [-0.4, -0.2) is 15.1 Å². The maximum atomic E-state index is 10.7. The fraction of sp³-hybridized carbons (Fsp3) is 0. The first kappa shape index (κ1) is 9.85. The number of nitrogens with zero attached hydrogens (tertiary/aromatic N) is 2. The number of halogens is 1. The standard InChI is InChI=1S/C9H6BrN3O2/c10-9-7(6-4-11-12-5-6)2-1-3-8(9)13(14)15/h1-5H,(H,11,12). The lowest BCUT2D eigenvalue weighted by Gasteiger charge is -2.01. The molecule has 0 radical (unpaired) electrons. The van der Waals surface area contributed by atoms with Crippen molar-refractivity contribution in [3.63, 3.8) is 0 Å². The lowest BCUT2D eigenvalue weighted by atomic mass is 10.1. The van der Waals surface area contributed by atoms with Gasteiger partial charge in [-0.25, -0.2) is 0 Å². The number of nitro benzene ring substituents is 1. The molecule has 15 heavy (non-hydrogen) atoms. The smallest absolute Gasteiger partial charge is 0.284 e. The van der Waals surface area contributed by atoms with Crippen LogP contribution in [0.25, 0.3) is 11.1 Å². The van der Waals surface area contributed by atoms with Gasteiger partial charge in [-0.1, -0.05) is 12.1 Å². The third-order valence-corrected chi connectivity index (χ3v) is 2.82. The first-order valence-electron chi connectivity index (χ1n) is 4.12. The number of hydrogen-bond acceptors (Lipinski definition) is 3. The highest BCUT2D eigenvalue weighted by molar-refractivity contribution is 9.10. The van der Waals surface area contributed by atoms with E-state index < -0.39 is 4.92 Å². The molecule has 1 heterocycles. The largest absolute Gasteiger partial charge is 0.285 e. The Labute approximate surface area is 93.4 Å². The Morgan fingerprint density at radius 3 is 2.87 bits per heavy atom. The average Bonchev–Trinajstić information content (AvgIpc) is 2.70. The van der Waals surface area contributed by atoms with Crippen LogP contribution >= 0.6 is 15.9 Å². The van der Waals surface area contributed by atoms with Crippen molar-refractivity contribution in [2.45, 2.75) is 0 Å². The molecule has 0 unspecified atom stereocenters. The van der Waals surface area contributed by atoms with Gasteiger partial charge in [-0.05, 0) is 15.9 Å². The minimum atomic E-state index is -0.423. The Morgan fingerprint density at radius 2 is 2.27 bits per heavy atom. The molecular weight excluding hydrogens is 262 g/mol. The molecular formula is C9H6BrN3O2. The minimum absolute atomic E-state index is 0.0497. The lowest BCUT2D eigenvalue weighted by Crippen LogP contribution is -1.90. The van der Waals surface area contributed by atoms with Gasteiger partial charge in [-0.15, -0.1) is 0 Å². The second-order valence-corrected chi connectivity index (χ2v) is 3.68. The molecule has 76 valence electrons. The maximum absolute atomic E-state index is 10.7. The Balaban J connectivity index is 2.59. The van der Waals surface area contributed by atoms with Gasteiger partial charge in [0.2, 0.25) is 0 Å². The van der Waals surface area contributed by atoms with Crippen molar-refractivity contribution < 1.29 is 4.92 Å². The van der Waals surface area contributed by atoms with Crippen molar-refractivity contribution in [3.05, 3.63) is 45.2 Å². The van der Waals surface area contributed by atoms with Gasteiger partial charge in [0.15, 0.2) is 0 Å². The molecule has 0 aliphatic rings. The molecule has 1 aromatic heterocycles. The highest BCUT2D eigenvalue weighted by Gasteiger charge is 2.15. The van der Waals surface area contributed by atoms with Crippen LogP contribution in [-0.2, 0) is 0 Å². The number of hydrogen-bond donors (Lipinski definition) is 1. The van der Waals surface area contributed by atoms with Crippen LogP contribution in [0.15, 0.2) is 35.1 Å². The summed E-state index contributed by atoms with van der Waals surface area (Å²) in [5, 5.41) is 17.2. The van der Waals surface area contributed by atoms with E-state index in [9.17, 15) is 10.1 Å². The zero-order chi connectivity index (χ0) is 10.8. The third kappa shape index (κ3) is 1.75. The number of nitro groups is 1. The fourth-order valence-electron chi connectivity index (χ4n) is 1.28. The van der Waals surface area contributed by atoms with Crippen molar-refractivity contribution in [2.24, 2.45) is 0 Å². The summed E-state index contributed by atoms with van der Waals surface area (Å²) in [5.41, 5.74) is 1.61. The summed E-state index contributed by atoms with van der Waals surface area (Å²) in [7, 11) is 0. The average molecular weight is 268 g/mol. The highest BCUT2D eigenvalue weighted by atomic mass is 79.9. The molecule has 0 aliphatic carbocycles. The molecule has 0 spiro atoms. The van der Waals surface area contributed by atoms with Gasteiger partial charge in [0, 0.05) is 23.4 Å². The van der Waals surface area contributed by atoms with Gasteiger partial charge >= 0.3 is 0 Å². The Hall–Kier alpha value is -1.69. The number of aromatic amines is 1. The van der Waals surface area contributed by atoms with Gasteiger partial charge in [0.05, 0.1) is 11.1 Å². The monoisotopic (exact) mass is 267 g/mol. The molecule has 0 amide bonds. The minimum Gasteiger partial charge on any atom is -0.285 e. The first-order valence-corrected chi connectivity index (χ1v) is 4.91. The summed E-state index contributed by atoms with van der Waals surface area (Å²) >= 11 is 3.22. The molecule has 6 heteroatoms. The fourth-order valence-corrected chi connectivity index (χ4v) is 1.92. The van der Waals surface area contributed by atoms with Crippen LogP contribution in [0.4, 0.5) is 5.69 Å². The summed E-state index contributed by atoms with van der Waals surface area (Å²) in [6.07, 6.45) is 3.30. The highest BCUT2D eigenvalue weighted by Crippen LogP contribution is 2.34. The molecule has 2 aromatic rings. The predicted octanol–water partition coefficient (Wildman–Crippen LogP) is 2.75. The second kappa shape index (κ2) is 3.82. The van der Waals surface area contributed by atoms with Crippen LogP contribution < -0.4 is 0 Å². The molecule has 5 nitrogen and oxygen atoms in total. The summed E-state index contributed by atoms with van der Waals surface area (Å²) in [5.74, 6) is 0. The van der Waals surface area contributed by atoms with E-state index in [0.717, 1.165) is 11.1 Å². The van der Waals surface area contributed by atoms with Gasteiger partial charge in [-0.3, -0.25) is 15.2 Å². The summed E-state index contributed by atoms with van der Waals surface area (Å²) in [6.45, 7) is 0. The predicted molar refractivity (Wildman–Crippen MR) is 58.4 cm³/mol. The quantitative estimate of drug-likeness (QED) is 0.672. The van der Waals surface area contributed by atoms with E-state index in [1.165, 1.54) is 6.07 Å². The third-order valence-electron chi connectivity index (χ3n) is 1.98. The van der Waals surface area contributed by atoms with Crippen LogP contribution in [0.5, 0.6) is 0 Å². The van der Waals surface area contributed by atoms with E-state index in [1.807, 2.05) is 0 Å². The molecule has 0 aliphatic heterocycles. The Bertz CT molecular complexity index is 496. The van der Waals surface area contributed by atoms with Crippen molar-refractivity contribution in [2.75, 3.05) is 0 Å². The molecule has 2 rings (SSSR count). The molecule has 1 aromatic carbocycles. The van der Waals surface area contributed by atoms with E-state index in [0.29, 0.717) is 4.47 Å². The summed E-state index contributed by atoms with van der Waals surface area (Å²) in [4.78, 5) is 10.3. The summed E-state index contributed by atoms with van der Waals surface area (Å²) in [6, 6.07) is 4.89. The van der Waals surface area contributed by atoms with E-state index >= 15 is 0 Å². The van der Waals surface area contributed by atoms with Crippen LogP contribution in [0.1, 0.15) is 0 Å². The van der Waals surface area contributed by atoms with E-state index in [1.54, 1.807) is 24.5 Å². The molecule has 0 fully saturated rings. The number of H-pyrrole nitrogens is 1. The maximum Gasteiger partial charge on any atom is 0.284 e. The molecule has 0 bridgehead atoms. The topological polar surface area (TPSA) is 71.8 Å². The van der Waals surface area contributed by atoms with Crippen LogP contribution in [0.3, 0.4) is 0 Å². The van der Waals surface area contributed by atoms with Crippen molar-refractivity contribution >= 4 is 21.6 Å². The van der Waals surface area contributed by atoms with Gasteiger partial charge in [0.25, 0.3) is 5.69 Å². The van der Waals surface area contributed by atoms with Gasteiger partial charge < -0.3 is 0 Å². The van der Waals surface area contributed by atoms with Crippen LogP contribution in [0, 0.1) is 10.1 Å². The molecule has 1 N–H and O–H groups in total. The molecule has 0 saturated carbocycles. The Kier molecular flexibility index (Phi) is 2.51. The molecule has 0 atom stereocenters. The van der Waals surface area contributed by atoms with Gasteiger partial charge in [0.1, 0.15) is 4.47 Å². The number of aromatic nitrogens is 2. The lowest BCUT2D eigenvalue weighted by molar-refractivity contribution is -0.385. The van der Waals surface area contributed by atoms with E-state index in [2.05, 4.69) is 26.1 Å². The normalized spacial score (nSPS) is 10.2. The zero-order valence-corrected chi connectivity index (χ0v) is 9.06. The van der Waals surface area contributed by atoms with Gasteiger partial charge in [-0.2, -0.15) is 5.10 Å². The number of nitrogens with one attached hydrogen (secondary N) is 1. The second-order valence-electron chi connectivity index (χ2n) is 2.88. The van der Waals surface area contributed by atoms with E-state index in [-0.39, 0.29) is 5.69 Å². The number of rotatable bonds is 2. The SMILES string of the molecule is O=[N+]([O-])c1cccc(-c2cn[nH]c2)c1Br. The van der Waals surface area contributed by atoms with E-state index in [4.69, 9.17) is 0 Å². The summed E-state index contributed by atoms with van der Waals surface area (Å²) < 4.78 is 0.469. The van der Waals surface area contributed by atoms with Crippen molar-refractivity contribution in [3.8, 4) is 11.1 Å². The van der Waals surface area contributed by atoms with Crippen molar-refractivity contribution in [1.82, 2.24) is 10.2 Å². The first-order chi connectivity index (χ1) is 7.20. The number of benzene rings is 1.